The number of thioether (sulfide) groups is 1. The Balaban J connectivity index is 1.53. The number of rotatable bonds is 4. The van der Waals surface area contributed by atoms with Gasteiger partial charge in [0.15, 0.2) is 0 Å². The Bertz CT molecular complexity index is 1420. The zero-order chi connectivity index (χ0) is 22.4. The van der Waals surface area contributed by atoms with Gasteiger partial charge in [0.05, 0.1) is 23.9 Å². The molecule has 0 spiro atoms. The van der Waals surface area contributed by atoms with Crippen LogP contribution < -0.4 is 24.6 Å². The zero-order valence-electron chi connectivity index (χ0n) is 18.4. The van der Waals surface area contributed by atoms with Crippen molar-refractivity contribution in [2.75, 3.05) is 14.2 Å². The van der Waals surface area contributed by atoms with Crippen molar-refractivity contribution in [1.29, 1.82) is 0 Å². The highest BCUT2D eigenvalue weighted by atomic mass is 32.2. The fourth-order valence-corrected chi connectivity index (χ4v) is 6.05. The van der Waals surface area contributed by atoms with Gasteiger partial charge in [0, 0.05) is 10.8 Å². The van der Waals surface area contributed by atoms with Crippen LogP contribution >= 0.6 is 11.8 Å². The van der Waals surface area contributed by atoms with Crippen molar-refractivity contribution in [1.82, 2.24) is 0 Å². The molecule has 4 aromatic carbocycles. The molecule has 0 radical (unpaired) electrons. The maximum absolute atomic E-state index is 6.45. The second-order valence-electron chi connectivity index (χ2n) is 8.13. The standard InChI is InChI=1S/C29H22O3S/c1-30-24-13-9-22(10-14-24)29(23-11-15-25(31-2)16-12-23)18-21-8-7-20-17-19-5-3-4-6-26(19)32-27(20)28(21)33-29/h3-18H,1-2H3. The van der Waals surface area contributed by atoms with Crippen LogP contribution in [0.5, 0.6) is 23.0 Å². The van der Waals surface area contributed by atoms with Crippen LogP contribution in [0.2, 0.25) is 0 Å². The van der Waals surface area contributed by atoms with Gasteiger partial charge in [-0.05, 0) is 52.8 Å². The van der Waals surface area contributed by atoms with Gasteiger partial charge in [-0.15, -0.1) is 11.8 Å². The van der Waals surface area contributed by atoms with Crippen LogP contribution in [0, 0.1) is 0 Å². The summed E-state index contributed by atoms with van der Waals surface area (Å²) in [6.45, 7) is 0. The molecule has 2 aliphatic heterocycles. The highest BCUT2D eigenvalue weighted by molar-refractivity contribution is 8.01. The van der Waals surface area contributed by atoms with Gasteiger partial charge >= 0.3 is 0 Å². The number of para-hydroxylation sites is 1. The molecule has 4 heteroatoms. The monoisotopic (exact) mass is 450 g/mol. The third-order valence-electron chi connectivity index (χ3n) is 6.27. The van der Waals surface area contributed by atoms with E-state index in [1.807, 2.05) is 54.2 Å². The molecule has 0 atom stereocenters. The Morgan fingerprint density at radius 3 is 1.94 bits per heavy atom. The summed E-state index contributed by atoms with van der Waals surface area (Å²) in [7, 11) is 3.39. The second kappa shape index (κ2) is 7.75. The molecule has 162 valence electrons. The number of hydrogen-bond donors (Lipinski definition) is 0. The van der Waals surface area contributed by atoms with Gasteiger partial charge in [0.2, 0.25) is 0 Å². The number of ether oxygens (including phenoxy) is 3. The Hall–Kier alpha value is -3.63. The Kier molecular flexibility index (Phi) is 4.70. The predicted molar refractivity (Wildman–Crippen MR) is 133 cm³/mol. The fourth-order valence-electron chi connectivity index (χ4n) is 4.54. The summed E-state index contributed by atoms with van der Waals surface area (Å²) in [6, 6.07) is 29.2. The molecular formula is C29H22O3S. The number of hydrogen-bond acceptors (Lipinski definition) is 4. The summed E-state index contributed by atoms with van der Waals surface area (Å²) < 4.78 is 16.9. The number of benzene rings is 4. The Morgan fingerprint density at radius 1 is 0.697 bits per heavy atom. The Morgan fingerprint density at radius 2 is 1.30 bits per heavy atom. The number of methoxy groups -OCH3 is 2. The molecule has 0 N–H and O–H groups in total. The van der Waals surface area contributed by atoms with Gasteiger partial charge in [-0.25, -0.2) is 0 Å². The van der Waals surface area contributed by atoms with Crippen molar-refractivity contribution < 1.29 is 14.2 Å². The van der Waals surface area contributed by atoms with Crippen LogP contribution in [0.3, 0.4) is 0 Å². The van der Waals surface area contributed by atoms with Crippen LogP contribution in [0.25, 0.3) is 12.2 Å². The number of fused-ring (bicyclic) bond motifs is 4. The maximum atomic E-state index is 6.45. The van der Waals surface area contributed by atoms with E-state index in [2.05, 4.69) is 54.6 Å². The van der Waals surface area contributed by atoms with Crippen molar-refractivity contribution >= 4 is 23.9 Å². The minimum atomic E-state index is -0.393. The van der Waals surface area contributed by atoms with Gasteiger partial charge in [0.25, 0.3) is 0 Å². The van der Waals surface area contributed by atoms with Gasteiger partial charge in [-0.1, -0.05) is 60.7 Å². The van der Waals surface area contributed by atoms with Gasteiger partial charge in [-0.3, -0.25) is 0 Å². The van der Waals surface area contributed by atoms with E-state index in [0.717, 1.165) is 38.7 Å². The lowest BCUT2D eigenvalue weighted by molar-refractivity contribution is 0.414. The molecule has 0 unspecified atom stereocenters. The van der Waals surface area contributed by atoms with Crippen LogP contribution in [0.4, 0.5) is 0 Å². The molecule has 0 saturated carbocycles. The molecule has 0 amide bonds. The van der Waals surface area contributed by atoms with Crippen LogP contribution in [-0.2, 0) is 4.75 Å². The zero-order valence-corrected chi connectivity index (χ0v) is 19.2. The molecular weight excluding hydrogens is 428 g/mol. The highest BCUT2D eigenvalue weighted by Crippen LogP contribution is 2.53. The van der Waals surface area contributed by atoms with E-state index in [-0.39, 0.29) is 0 Å². The fraction of sp³-hybridized carbons (Fsp3) is 0.103. The SMILES string of the molecule is COc1ccc(C2(c3ccc(OC)cc3)C=c3ccc4c(c3S2)Oc2ccccc2C=4)cc1. The van der Waals surface area contributed by atoms with Crippen LogP contribution in [0.15, 0.2) is 89.8 Å². The second-order valence-corrected chi connectivity index (χ2v) is 9.38. The van der Waals surface area contributed by atoms with Crippen molar-refractivity contribution in [3.8, 4) is 23.0 Å². The van der Waals surface area contributed by atoms with Crippen molar-refractivity contribution in [3.63, 3.8) is 0 Å². The molecule has 2 aliphatic rings. The quantitative estimate of drug-likeness (QED) is 0.363. The van der Waals surface area contributed by atoms with Gasteiger partial charge < -0.3 is 14.2 Å². The third kappa shape index (κ3) is 3.21. The first kappa shape index (κ1) is 20.0. The lowest BCUT2D eigenvalue weighted by Gasteiger charge is -2.29. The van der Waals surface area contributed by atoms with E-state index < -0.39 is 4.75 Å². The normalized spacial score (nSPS) is 14.6. The van der Waals surface area contributed by atoms with E-state index >= 15 is 0 Å². The van der Waals surface area contributed by atoms with Crippen LogP contribution in [-0.4, -0.2) is 14.2 Å². The summed E-state index contributed by atoms with van der Waals surface area (Å²) in [5.74, 6) is 3.51. The minimum Gasteiger partial charge on any atom is -0.497 e. The average molecular weight is 451 g/mol. The molecule has 0 aliphatic carbocycles. The maximum Gasteiger partial charge on any atom is 0.148 e. The first-order valence-electron chi connectivity index (χ1n) is 10.8. The smallest absolute Gasteiger partial charge is 0.148 e. The van der Waals surface area contributed by atoms with E-state index in [1.54, 1.807) is 14.2 Å². The molecule has 33 heavy (non-hydrogen) atoms. The molecule has 0 fully saturated rings. The predicted octanol–water partition coefficient (Wildman–Crippen LogP) is 5.47. The van der Waals surface area contributed by atoms with E-state index in [1.165, 1.54) is 16.3 Å². The topological polar surface area (TPSA) is 27.7 Å². The highest BCUT2D eigenvalue weighted by Gasteiger charge is 2.39. The van der Waals surface area contributed by atoms with Gasteiger partial charge in [0.1, 0.15) is 23.0 Å². The van der Waals surface area contributed by atoms with E-state index in [0.29, 0.717) is 0 Å². The van der Waals surface area contributed by atoms with Crippen molar-refractivity contribution in [3.05, 3.63) is 112 Å². The molecule has 3 nitrogen and oxygen atoms in total. The summed E-state index contributed by atoms with van der Waals surface area (Å²) >= 11 is 1.82. The Labute approximate surface area is 197 Å². The van der Waals surface area contributed by atoms with E-state index in [4.69, 9.17) is 14.2 Å². The van der Waals surface area contributed by atoms with Gasteiger partial charge in [-0.2, -0.15) is 0 Å². The molecule has 0 bridgehead atoms. The lowest BCUT2D eigenvalue weighted by Crippen LogP contribution is -2.18. The summed E-state index contributed by atoms with van der Waals surface area (Å²) in [5, 5.41) is 2.28. The molecule has 6 rings (SSSR count). The molecule has 4 aromatic rings. The first-order valence-corrected chi connectivity index (χ1v) is 11.6. The molecule has 0 aromatic heterocycles. The van der Waals surface area contributed by atoms with E-state index in [9.17, 15) is 0 Å². The van der Waals surface area contributed by atoms with Crippen molar-refractivity contribution in [2.45, 2.75) is 9.64 Å². The largest absolute Gasteiger partial charge is 0.497 e. The summed E-state index contributed by atoms with van der Waals surface area (Å²) in [6.07, 6.45) is 4.55. The summed E-state index contributed by atoms with van der Waals surface area (Å²) in [4.78, 5) is 1.16. The van der Waals surface area contributed by atoms with Crippen LogP contribution in [0.1, 0.15) is 16.7 Å². The third-order valence-corrected chi connectivity index (χ3v) is 7.81. The average Bonchev–Trinajstić information content (AvgIpc) is 3.29. The minimum absolute atomic E-state index is 0.393. The molecule has 2 heterocycles. The lowest BCUT2D eigenvalue weighted by atomic mass is 9.89. The molecule has 0 saturated heterocycles. The first-order chi connectivity index (χ1) is 16.2. The van der Waals surface area contributed by atoms with Crippen molar-refractivity contribution in [2.24, 2.45) is 0 Å². The summed E-state index contributed by atoms with van der Waals surface area (Å²) in [5.41, 5.74) is 3.47.